The zero-order chi connectivity index (χ0) is 16.6. The van der Waals surface area contributed by atoms with Gasteiger partial charge in [0.15, 0.2) is 5.76 Å². The fraction of sp³-hybridized carbons (Fsp3) is 0.474. The van der Waals surface area contributed by atoms with E-state index in [9.17, 15) is 4.79 Å². The summed E-state index contributed by atoms with van der Waals surface area (Å²) in [7, 11) is 0. The molecule has 4 nitrogen and oxygen atoms in total. The normalized spacial score (nSPS) is 14.3. The van der Waals surface area contributed by atoms with Crippen LogP contribution in [-0.2, 0) is 11.3 Å². The number of rotatable bonds is 5. The predicted molar refractivity (Wildman–Crippen MR) is 89.8 cm³/mol. The third-order valence-corrected chi connectivity index (χ3v) is 4.52. The van der Waals surface area contributed by atoms with Crippen molar-refractivity contribution in [2.24, 2.45) is 5.92 Å². The third-order valence-electron chi connectivity index (χ3n) is 4.52. The number of hydrogen-bond donors (Lipinski definition) is 0. The van der Waals surface area contributed by atoms with Gasteiger partial charge >= 0.3 is 0 Å². The minimum atomic E-state index is 0.171. The molecule has 0 spiro atoms. The zero-order valence-corrected chi connectivity index (χ0v) is 14.3. The Bertz CT molecular complexity index is 714. The van der Waals surface area contributed by atoms with Crippen LogP contribution in [0.2, 0.25) is 0 Å². The Morgan fingerprint density at radius 3 is 2.61 bits per heavy atom. The molecule has 0 bridgehead atoms. The topological polar surface area (TPSA) is 46.3 Å². The Labute approximate surface area is 137 Å². The molecule has 1 saturated carbocycles. The Balaban J connectivity index is 1.77. The molecule has 0 unspecified atom stereocenters. The molecule has 4 heteroatoms. The lowest BCUT2D eigenvalue weighted by atomic mass is 10.0. The van der Waals surface area contributed by atoms with Crippen molar-refractivity contribution in [2.45, 2.75) is 53.1 Å². The van der Waals surface area contributed by atoms with Crippen LogP contribution >= 0.6 is 0 Å². The van der Waals surface area contributed by atoms with Crippen LogP contribution in [0.15, 0.2) is 28.8 Å². The van der Waals surface area contributed by atoms with E-state index < -0.39 is 0 Å². The van der Waals surface area contributed by atoms with E-state index in [-0.39, 0.29) is 17.9 Å². The summed E-state index contributed by atoms with van der Waals surface area (Å²) < 4.78 is 5.49. The minimum absolute atomic E-state index is 0.171. The van der Waals surface area contributed by atoms with Crippen molar-refractivity contribution in [2.75, 3.05) is 0 Å². The fourth-order valence-corrected chi connectivity index (χ4v) is 2.67. The van der Waals surface area contributed by atoms with Gasteiger partial charge < -0.3 is 9.42 Å². The number of hydrogen-bond acceptors (Lipinski definition) is 3. The summed E-state index contributed by atoms with van der Waals surface area (Å²) in [5.41, 5.74) is 4.32. The minimum Gasteiger partial charge on any atom is -0.356 e. The van der Waals surface area contributed by atoms with E-state index in [1.807, 2.05) is 30.9 Å². The first kappa shape index (κ1) is 15.8. The van der Waals surface area contributed by atoms with Crippen LogP contribution in [0, 0.1) is 19.8 Å². The monoisotopic (exact) mass is 312 g/mol. The maximum atomic E-state index is 12.4. The number of benzene rings is 1. The fourth-order valence-electron chi connectivity index (χ4n) is 2.67. The van der Waals surface area contributed by atoms with E-state index in [1.165, 1.54) is 11.1 Å². The van der Waals surface area contributed by atoms with E-state index in [2.05, 4.69) is 31.1 Å². The molecule has 0 N–H and O–H groups in total. The van der Waals surface area contributed by atoms with E-state index in [0.29, 0.717) is 6.54 Å². The van der Waals surface area contributed by atoms with Gasteiger partial charge in [-0.3, -0.25) is 4.79 Å². The average Bonchev–Trinajstić information content (AvgIpc) is 3.26. The van der Waals surface area contributed by atoms with Gasteiger partial charge in [-0.15, -0.1) is 0 Å². The van der Waals surface area contributed by atoms with Crippen molar-refractivity contribution in [1.29, 1.82) is 0 Å². The van der Waals surface area contributed by atoms with Crippen molar-refractivity contribution < 1.29 is 9.32 Å². The molecule has 0 saturated heterocycles. The smallest absolute Gasteiger partial charge is 0.226 e. The van der Waals surface area contributed by atoms with Crippen LogP contribution in [0.25, 0.3) is 11.3 Å². The van der Waals surface area contributed by atoms with Gasteiger partial charge in [-0.25, -0.2) is 0 Å². The van der Waals surface area contributed by atoms with E-state index >= 15 is 0 Å². The third kappa shape index (κ3) is 3.46. The summed E-state index contributed by atoms with van der Waals surface area (Å²) in [5.74, 6) is 1.23. The average molecular weight is 312 g/mol. The highest BCUT2D eigenvalue weighted by molar-refractivity contribution is 5.81. The van der Waals surface area contributed by atoms with Crippen LogP contribution in [0.4, 0.5) is 0 Å². The number of carbonyl (C=O) groups excluding carboxylic acids is 1. The SMILES string of the molecule is Cc1ccc(-c2cc(CN(C(=O)C3CC3)C(C)C)no2)cc1C. The molecule has 0 aliphatic heterocycles. The van der Waals surface area contributed by atoms with Gasteiger partial charge in [-0.05, 0) is 57.7 Å². The van der Waals surface area contributed by atoms with Crippen LogP contribution in [0.1, 0.15) is 43.5 Å². The highest BCUT2D eigenvalue weighted by atomic mass is 16.5. The molecular formula is C19H24N2O2. The Kier molecular flexibility index (Phi) is 4.24. The van der Waals surface area contributed by atoms with Crippen molar-refractivity contribution in [3.63, 3.8) is 0 Å². The molecule has 122 valence electrons. The van der Waals surface area contributed by atoms with Gasteiger partial charge in [0, 0.05) is 23.6 Å². The second kappa shape index (κ2) is 6.19. The largest absolute Gasteiger partial charge is 0.356 e. The molecule has 1 aliphatic rings. The lowest BCUT2D eigenvalue weighted by Gasteiger charge is -2.25. The number of carbonyl (C=O) groups is 1. The molecule has 1 fully saturated rings. The number of amides is 1. The summed E-state index contributed by atoms with van der Waals surface area (Å²) in [4.78, 5) is 14.3. The maximum Gasteiger partial charge on any atom is 0.226 e. The van der Waals surface area contributed by atoms with Crippen LogP contribution < -0.4 is 0 Å². The summed E-state index contributed by atoms with van der Waals surface area (Å²) in [5, 5.41) is 4.16. The van der Waals surface area contributed by atoms with E-state index in [0.717, 1.165) is 29.9 Å². The van der Waals surface area contributed by atoms with Crippen LogP contribution in [-0.4, -0.2) is 22.0 Å². The van der Waals surface area contributed by atoms with Gasteiger partial charge in [0.05, 0.1) is 6.54 Å². The maximum absolute atomic E-state index is 12.4. The van der Waals surface area contributed by atoms with Gasteiger partial charge in [0.1, 0.15) is 5.69 Å². The van der Waals surface area contributed by atoms with Gasteiger partial charge in [0.25, 0.3) is 0 Å². The Morgan fingerprint density at radius 2 is 2.00 bits per heavy atom. The quantitative estimate of drug-likeness (QED) is 0.835. The molecule has 1 aliphatic carbocycles. The van der Waals surface area contributed by atoms with Crippen molar-refractivity contribution in [1.82, 2.24) is 10.1 Å². The predicted octanol–water partition coefficient (Wildman–Crippen LogP) is 4.11. The summed E-state index contributed by atoms with van der Waals surface area (Å²) in [6.45, 7) is 8.79. The standard InChI is InChI=1S/C19H24N2O2/c1-12(2)21(19(22)15-7-8-15)11-17-10-18(23-20-17)16-6-5-13(3)14(4)9-16/h5-6,9-10,12,15H,7-8,11H2,1-4H3. The highest BCUT2D eigenvalue weighted by Crippen LogP contribution is 2.32. The van der Waals surface area contributed by atoms with Crippen molar-refractivity contribution in [3.8, 4) is 11.3 Å². The number of aromatic nitrogens is 1. The van der Waals surface area contributed by atoms with Gasteiger partial charge in [-0.1, -0.05) is 17.3 Å². The lowest BCUT2D eigenvalue weighted by molar-refractivity contribution is -0.135. The summed E-state index contributed by atoms with van der Waals surface area (Å²) in [6.07, 6.45) is 2.05. The summed E-state index contributed by atoms with van der Waals surface area (Å²) in [6, 6.07) is 8.35. The van der Waals surface area contributed by atoms with Crippen LogP contribution in [0.3, 0.4) is 0 Å². The molecule has 1 heterocycles. The molecule has 0 radical (unpaired) electrons. The first-order valence-electron chi connectivity index (χ1n) is 8.29. The van der Waals surface area contributed by atoms with Crippen molar-refractivity contribution >= 4 is 5.91 Å². The van der Waals surface area contributed by atoms with Gasteiger partial charge in [0.2, 0.25) is 5.91 Å². The molecule has 1 aromatic carbocycles. The molecule has 3 rings (SSSR count). The van der Waals surface area contributed by atoms with Crippen LogP contribution in [0.5, 0.6) is 0 Å². The Morgan fingerprint density at radius 1 is 1.26 bits per heavy atom. The molecule has 1 amide bonds. The molecule has 0 atom stereocenters. The number of nitrogens with zero attached hydrogens (tertiary/aromatic N) is 2. The molecule has 2 aromatic rings. The summed E-state index contributed by atoms with van der Waals surface area (Å²) >= 11 is 0. The molecular weight excluding hydrogens is 288 g/mol. The van der Waals surface area contributed by atoms with Crippen molar-refractivity contribution in [3.05, 3.63) is 41.1 Å². The number of aryl methyl sites for hydroxylation is 2. The molecule has 23 heavy (non-hydrogen) atoms. The highest BCUT2D eigenvalue weighted by Gasteiger charge is 2.34. The second-order valence-corrected chi connectivity index (χ2v) is 6.82. The molecule has 1 aromatic heterocycles. The van der Waals surface area contributed by atoms with E-state index in [4.69, 9.17) is 4.52 Å². The lowest BCUT2D eigenvalue weighted by Crippen LogP contribution is -2.37. The van der Waals surface area contributed by atoms with E-state index in [1.54, 1.807) is 0 Å². The zero-order valence-electron chi connectivity index (χ0n) is 14.3. The van der Waals surface area contributed by atoms with Gasteiger partial charge in [-0.2, -0.15) is 0 Å². The first-order valence-corrected chi connectivity index (χ1v) is 8.29. The Hall–Kier alpha value is -2.10. The first-order chi connectivity index (χ1) is 11.0. The second-order valence-electron chi connectivity index (χ2n) is 6.82.